The number of hydrogen-bond acceptors (Lipinski definition) is 4. The van der Waals surface area contributed by atoms with Crippen molar-refractivity contribution in [3.05, 3.63) is 0 Å². The summed E-state index contributed by atoms with van der Waals surface area (Å²) in [6, 6.07) is 1.69. The first kappa shape index (κ1) is 57.1. The van der Waals surface area contributed by atoms with Crippen LogP contribution < -0.4 is 0 Å². The summed E-state index contributed by atoms with van der Waals surface area (Å²) in [4.78, 5) is 0. The third-order valence-electron chi connectivity index (χ3n) is 12.2. The molecule has 0 N–H and O–H groups in total. The molecular formula is C46H100N2O4S. The van der Waals surface area contributed by atoms with Crippen molar-refractivity contribution in [2.24, 2.45) is 0 Å². The van der Waals surface area contributed by atoms with Gasteiger partial charge in [0.05, 0.1) is 52.4 Å². The summed E-state index contributed by atoms with van der Waals surface area (Å²) in [6.45, 7) is 24.6. The minimum Gasteiger partial charge on any atom is -0.759 e. The Morgan fingerprint density at radius 3 is 0.717 bits per heavy atom. The summed E-state index contributed by atoms with van der Waals surface area (Å²) in [5.74, 6) is 0. The van der Waals surface area contributed by atoms with Gasteiger partial charge in [0.25, 0.3) is 0 Å². The van der Waals surface area contributed by atoms with Crippen molar-refractivity contribution in [2.75, 3.05) is 40.3 Å². The van der Waals surface area contributed by atoms with Gasteiger partial charge in [-0.3, -0.25) is 8.42 Å². The van der Waals surface area contributed by atoms with Crippen LogP contribution in [0.15, 0.2) is 0 Å². The van der Waals surface area contributed by atoms with E-state index in [9.17, 15) is 0 Å². The van der Waals surface area contributed by atoms with Crippen molar-refractivity contribution in [1.29, 1.82) is 0 Å². The predicted octanol–water partition coefficient (Wildman–Crippen LogP) is 14.1. The van der Waals surface area contributed by atoms with Crippen LogP contribution >= 0.6 is 0 Å². The van der Waals surface area contributed by atoms with Crippen molar-refractivity contribution in [3.63, 3.8) is 0 Å². The Kier molecular flexibility index (Phi) is 43.1. The molecule has 0 heterocycles. The van der Waals surface area contributed by atoms with Crippen LogP contribution in [0.25, 0.3) is 0 Å². The third kappa shape index (κ3) is 41.2. The van der Waals surface area contributed by atoms with Gasteiger partial charge < -0.3 is 18.1 Å². The van der Waals surface area contributed by atoms with Gasteiger partial charge in [-0.2, -0.15) is 0 Å². The van der Waals surface area contributed by atoms with Gasteiger partial charge in [-0.15, -0.1) is 0 Å². The van der Waals surface area contributed by atoms with Crippen LogP contribution in [0.4, 0.5) is 0 Å². The van der Waals surface area contributed by atoms with E-state index in [1.807, 2.05) is 0 Å². The maximum atomic E-state index is 8.52. The van der Waals surface area contributed by atoms with E-state index in [2.05, 4.69) is 69.5 Å². The molecule has 0 fully saturated rings. The molecule has 0 aliphatic rings. The Balaban J connectivity index is -0.000000835. The molecule has 0 saturated heterocycles. The number of unbranched alkanes of at least 4 members (excludes halogenated alkanes) is 22. The molecule has 2 atom stereocenters. The summed E-state index contributed by atoms with van der Waals surface area (Å²) >= 11 is 0. The second-order valence-corrected chi connectivity index (χ2v) is 18.1. The fourth-order valence-electron chi connectivity index (χ4n) is 7.77. The average Bonchev–Trinajstić information content (AvgIpc) is 3.11. The molecule has 6 nitrogen and oxygen atoms in total. The summed E-state index contributed by atoms with van der Waals surface area (Å²) in [5.41, 5.74) is 0. The highest BCUT2D eigenvalue weighted by Crippen LogP contribution is 2.23. The van der Waals surface area contributed by atoms with E-state index in [-0.39, 0.29) is 0 Å². The van der Waals surface area contributed by atoms with Gasteiger partial charge in [-0.1, -0.05) is 157 Å². The summed E-state index contributed by atoms with van der Waals surface area (Å²) in [7, 11) is -0.0474. The molecule has 324 valence electrons. The fourth-order valence-corrected chi connectivity index (χ4v) is 7.77. The van der Waals surface area contributed by atoms with Gasteiger partial charge in [-0.05, 0) is 90.9 Å². The Morgan fingerprint density at radius 2 is 0.528 bits per heavy atom. The van der Waals surface area contributed by atoms with Crippen molar-refractivity contribution in [1.82, 2.24) is 0 Å². The Labute approximate surface area is 336 Å². The normalized spacial score (nSPS) is 13.2. The van der Waals surface area contributed by atoms with Crippen LogP contribution in [0.1, 0.15) is 248 Å². The van der Waals surface area contributed by atoms with Crippen LogP contribution in [0.5, 0.6) is 0 Å². The molecule has 0 aliphatic heterocycles. The van der Waals surface area contributed by atoms with Crippen molar-refractivity contribution < 1.29 is 26.5 Å². The highest BCUT2D eigenvalue weighted by molar-refractivity contribution is 7.79. The predicted molar refractivity (Wildman–Crippen MR) is 234 cm³/mol. The summed E-state index contributed by atoms with van der Waals surface area (Å²) in [5, 5.41) is 0. The number of hydrogen-bond donors (Lipinski definition) is 0. The van der Waals surface area contributed by atoms with Gasteiger partial charge in [-0.25, -0.2) is 0 Å². The first-order valence-electron chi connectivity index (χ1n) is 23.6. The molecule has 0 aromatic heterocycles. The molecule has 0 aromatic rings. The number of nitrogens with zero attached hydrogens (tertiary/aromatic N) is 2. The molecule has 0 bridgehead atoms. The summed E-state index contributed by atoms with van der Waals surface area (Å²) in [6.07, 6.45) is 42.6. The van der Waals surface area contributed by atoms with E-state index >= 15 is 0 Å². The van der Waals surface area contributed by atoms with Crippen LogP contribution in [-0.2, 0) is 10.4 Å². The van der Waals surface area contributed by atoms with E-state index in [0.717, 1.165) is 12.1 Å². The van der Waals surface area contributed by atoms with Crippen LogP contribution in [0.2, 0.25) is 0 Å². The molecule has 0 spiro atoms. The van der Waals surface area contributed by atoms with Gasteiger partial charge in [0, 0.05) is 10.4 Å². The average molecular weight is 777 g/mol. The van der Waals surface area contributed by atoms with E-state index in [4.69, 9.17) is 17.5 Å². The highest BCUT2D eigenvalue weighted by atomic mass is 32.3. The Morgan fingerprint density at radius 1 is 0.358 bits per heavy atom. The lowest BCUT2D eigenvalue weighted by Gasteiger charge is -2.41. The van der Waals surface area contributed by atoms with Crippen molar-refractivity contribution >= 4 is 10.4 Å². The minimum atomic E-state index is -5.17. The largest absolute Gasteiger partial charge is 0.759 e. The first-order chi connectivity index (χ1) is 25.2. The molecule has 0 aliphatic carbocycles. The van der Waals surface area contributed by atoms with Gasteiger partial charge in [0.2, 0.25) is 0 Å². The minimum absolute atomic E-state index is 0.846. The van der Waals surface area contributed by atoms with Gasteiger partial charge in [0.15, 0.2) is 0 Å². The third-order valence-corrected chi connectivity index (χ3v) is 12.2. The number of quaternary nitrogens is 2. The zero-order valence-corrected chi connectivity index (χ0v) is 38.9. The van der Waals surface area contributed by atoms with Crippen LogP contribution in [0, 0.1) is 0 Å². The lowest BCUT2D eigenvalue weighted by atomic mass is 10.0. The quantitative estimate of drug-likeness (QED) is 0.0275. The molecular weight excluding hydrogens is 677 g/mol. The second kappa shape index (κ2) is 40.0. The van der Waals surface area contributed by atoms with Gasteiger partial charge in [0.1, 0.15) is 0 Å². The van der Waals surface area contributed by atoms with E-state index in [1.165, 1.54) is 228 Å². The molecule has 0 saturated carbocycles. The van der Waals surface area contributed by atoms with Crippen LogP contribution in [-0.4, -0.2) is 78.8 Å². The lowest BCUT2D eigenvalue weighted by molar-refractivity contribution is -0.932. The van der Waals surface area contributed by atoms with E-state index in [1.54, 1.807) is 0 Å². The second-order valence-electron chi connectivity index (χ2n) is 17.3. The fraction of sp³-hybridized carbons (Fsp3) is 1.00. The SMILES string of the molecule is CCCCCCC[N+](C)(CCCCCCC)C(C)CCCCCC.CCCCCCC[N+](C)(CCCCCCC)C(C)CCCCCC.O=S(=O)([O-])[O-]. The molecule has 0 aromatic carbocycles. The monoisotopic (exact) mass is 777 g/mol. The van der Waals surface area contributed by atoms with E-state index < -0.39 is 10.4 Å². The topological polar surface area (TPSA) is 80.3 Å². The van der Waals surface area contributed by atoms with Crippen LogP contribution in [0.3, 0.4) is 0 Å². The number of rotatable bonds is 36. The molecule has 0 radical (unpaired) electrons. The smallest absolute Gasteiger partial charge is 0.0859 e. The van der Waals surface area contributed by atoms with E-state index in [0.29, 0.717) is 0 Å². The van der Waals surface area contributed by atoms with Crippen molar-refractivity contribution in [2.45, 2.75) is 260 Å². The first-order valence-corrected chi connectivity index (χ1v) is 24.9. The lowest BCUT2D eigenvalue weighted by Crippen LogP contribution is -2.52. The van der Waals surface area contributed by atoms with Gasteiger partial charge >= 0.3 is 0 Å². The zero-order valence-electron chi connectivity index (χ0n) is 38.1. The maximum Gasteiger partial charge on any atom is 0.0859 e. The zero-order chi connectivity index (χ0) is 40.7. The molecule has 7 heteroatoms. The summed E-state index contributed by atoms with van der Waals surface area (Å²) < 4.78 is 36.8. The molecule has 2 unspecified atom stereocenters. The Hall–Kier alpha value is -0.210. The van der Waals surface area contributed by atoms with Crippen molar-refractivity contribution in [3.8, 4) is 0 Å². The molecule has 0 amide bonds. The standard InChI is InChI=1S/2C23H50N.H2O4S/c2*1-6-9-12-15-18-21-24(5,22-19-16-13-10-7-2)23(4)20-17-14-11-8-3;1-5(2,3)4/h2*23H,6-22H2,1-5H3;(H2,1,2,3,4)/q2*+1;/p-2. The maximum absolute atomic E-state index is 8.52. The molecule has 0 rings (SSSR count). The molecule has 53 heavy (non-hydrogen) atoms. The highest BCUT2D eigenvalue weighted by Gasteiger charge is 2.28. The Bertz CT molecular complexity index is 734.